The van der Waals surface area contributed by atoms with Crippen molar-refractivity contribution in [3.05, 3.63) is 0 Å². The first kappa shape index (κ1) is 12.4. The van der Waals surface area contributed by atoms with Crippen molar-refractivity contribution < 1.29 is 9.53 Å². The third-order valence-electron chi connectivity index (χ3n) is 3.04. The number of nitrogens with two attached hydrogens (primary N) is 2. The summed E-state index contributed by atoms with van der Waals surface area (Å²) in [4.78, 5) is 13.2. The molecular weight excluding hydrogens is 194 g/mol. The van der Waals surface area contributed by atoms with Crippen molar-refractivity contribution in [3.8, 4) is 0 Å². The van der Waals surface area contributed by atoms with Crippen molar-refractivity contribution in [1.82, 2.24) is 4.90 Å². The van der Waals surface area contributed by atoms with Crippen LogP contribution in [0.15, 0.2) is 0 Å². The Kier molecular flexibility index (Phi) is 3.70. The van der Waals surface area contributed by atoms with E-state index in [0.29, 0.717) is 12.6 Å². The number of nitrogens with zero attached hydrogens (tertiary/aromatic N) is 1. The van der Waals surface area contributed by atoms with Crippen LogP contribution in [0.2, 0.25) is 0 Å². The number of ether oxygens (including phenoxy) is 1. The first-order valence-electron chi connectivity index (χ1n) is 5.25. The van der Waals surface area contributed by atoms with Crippen LogP contribution in [0.5, 0.6) is 0 Å². The second-order valence-corrected chi connectivity index (χ2v) is 4.63. The van der Waals surface area contributed by atoms with Gasteiger partial charge in [-0.05, 0) is 27.3 Å². The topological polar surface area (TPSA) is 81.6 Å². The van der Waals surface area contributed by atoms with E-state index in [9.17, 15) is 4.79 Å². The maximum Gasteiger partial charge on any atom is 0.238 e. The van der Waals surface area contributed by atoms with Crippen LogP contribution in [0.25, 0.3) is 0 Å². The highest BCUT2D eigenvalue weighted by molar-refractivity contribution is 5.84. The van der Waals surface area contributed by atoms with E-state index in [-0.39, 0.29) is 6.10 Å². The van der Waals surface area contributed by atoms with E-state index in [1.165, 1.54) is 0 Å². The number of likely N-dealkylation sites (N-methyl/N-ethyl adjacent to an activating group) is 1. The molecule has 0 bridgehead atoms. The Morgan fingerprint density at radius 2 is 2.27 bits per heavy atom. The van der Waals surface area contributed by atoms with E-state index in [1.54, 1.807) is 6.92 Å². The maximum atomic E-state index is 11.1. The van der Waals surface area contributed by atoms with Crippen molar-refractivity contribution in [2.45, 2.75) is 38.0 Å². The molecule has 0 aliphatic carbocycles. The lowest BCUT2D eigenvalue weighted by Crippen LogP contribution is -2.58. The zero-order valence-corrected chi connectivity index (χ0v) is 9.69. The maximum absolute atomic E-state index is 11.1. The number of hydrogen-bond acceptors (Lipinski definition) is 4. The molecule has 1 aliphatic rings. The molecule has 0 aromatic carbocycles. The summed E-state index contributed by atoms with van der Waals surface area (Å²) < 4.78 is 5.46. The van der Waals surface area contributed by atoms with Gasteiger partial charge in [0.05, 0.1) is 6.10 Å². The first-order valence-corrected chi connectivity index (χ1v) is 5.25. The summed E-state index contributed by atoms with van der Waals surface area (Å²) in [5.41, 5.74) is 10.1. The molecule has 5 heteroatoms. The first-order chi connectivity index (χ1) is 6.84. The van der Waals surface area contributed by atoms with E-state index in [1.807, 2.05) is 14.0 Å². The molecule has 4 N–H and O–H groups in total. The van der Waals surface area contributed by atoms with Crippen LogP contribution in [0.1, 0.15) is 20.3 Å². The van der Waals surface area contributed by atoms with Gasteiger partial charge in [-0.3, -0.25) is 9.69 Å². The lowest BCUT2D eigenvalue weighted by atomic mass is 10.0. The van der Waals surface area contributed by atoms with Gasteiger partial charge in [-0.15, -0.1) is 0 Å². The summed E-state index contributed by atoms with van der Waals surface area (Å²) in [5.74, 6) is -0.471. The van der Waals surface area contributed by atoms with Gasteiger partial charge in [-0.1, -0.05) is 0 Å². The molecule has 1 amide bonds. The molecule has 15 heavy (non-hydrogen) atoms. The number of carbonyl (C=O) groups is 1. The Morgan fingerprint density at radius 1 is 1.67 bits per heavy atom. The van der Waals surface area contributed by atoms with Gasteiger partial charge in [0.2, 0.25) is 5.91 Å². The van der Waals surface area contributed by atoms with Gasteiger partial charge in [0.25, 0.3) is 0 Å². The number of hydrogen-bond donors (Lipinski definition) is 2. The Balaban J connectivity index is 2.54. The number of primary amides is 1. The van der Waals surface area contributed by atoms with Gasteiger partial charge in [0.1, 0.15) is 5.54 Å². The van der Waals surface area contributed by atoms with Gasteiger partial charge in [0, 0.05) is 19.2 Å². The SMILES string of the molecule is CC1OCCC1N(C)CC(C)(N)C(N)=O. The molecule has 1 fully saturated rings. The van der Waals surface area contributed by atoms with Crippen LogP contribution in [-0.2, 0) is 9.53 Å². The molecule has 0 aromatic rings. The van der Waals surface area contributed by atoms with Crippen LogP contribution in [0, 0.1) is 0 Å². The summed E-state index contributed by atoms with van der Waals surface area (Å²) in [5, 5.41) is 0. The van der Waals surface area contributed by atoms with Crippen molar-refractivity contribution in [1.29, 1.82) is 0 Å². The van der Waals surface area contributed by atoms with Crippen LogP contribution in [0.4, 0.5) is 0 Å². The molecule has 3 unspecified atom stereocenters. The summed E-state index contributed by atoms with van der Waals surface area (Å²) in [6.45, 7) is 4.92. The number of amides is 1. The lowest BCUT2D eigenvalue weighted by molar-refractivity contribution is -0.123. The second-order valence-electron chi connectivity index (χ2n) is 4.63. The Bertz CT molecular complexity index is 243. The predicted octanol–water partition coefficient (Wildman–Crippen LogP) is -0.702. The fourth-order valence-electron chi connectivity index (χ4n) is 2.01. The van der Waals surface area contributed by atoms with Crippen molar-refractivity contribution in [3.63, 3.8) is 0 Å². The molecule has 1 rings (SSSR count). The van der Waals surface area contributed by atoms with Gasteiger partial charge in [-0.25, -0.2) is 0 Å². The zero-order valence-electron chi connectivity index (χ0n) is 9.69. The summed E-state index contributed by atoms with van der Waals surface area (Å²) >= 11 is 0. The Hall–Kier alpha value is -0.650. The van der Waals surface area contributed by atoms with E-state index in [2.05, 4.69) is 4.90 Å². The number of rotatable bonds is 4. The van der Waals surface area contributed by atoms with Gasteiger partial charge in [0.15, 0.2) is 0 Å². The van der Waals surface area contributed by atoms with E-state index in [0.717, 1.165) is 13.0 Å². The monoisotopic (exact) mass is 215 g/mol. The summed E-state index contributed by atoms with van der Waals surface area (Å²) in [6.07, 6.45) is 1.17. The van der Waals surface area contributed by atoms with E-state index >= 15 is 0 Å². The molecule has 0 radical (unpaired) electrons. The van der Waals surface area contributed by atoms with Crippen LogP contribution in [-0.4, -0.2) is 48.7 Å². The van der Waals surface area contributed by atoms with Gasteiger partial charge in [-0.2, -0.15) is 0 Å². The lowest BCUT2D eigenvalue weighted by Gasteiger charge is -2.32. The van der Waals surface area contributed by atoms with E-state index in [4.69, 9.17) is 16.2 Å². The summed E-state index contributed by atoms with van der Waals surface area (Å²) in [6, 6.07) is 0.326. The normalized spacial score (nSPS) is 30.5. The number of carbonyl (C=O) groups excluding carboxylic acids is 1. The fourth-order valence-corrected chi connectivity index (χ4v) is 2.01. The molecule has 5 nitrogen and oxygen atoms in total. The van der Waals surface area contributed by atoms with Gasteiger partial charge < -0.3 is 16.2 Å². The smallest absolute Gasteiger partial charge is 0.238 e. The quantitative estimate of drug-likeness (QED) is 0.649. The Labute approximate surface area is 90.7 Å². The molecule has 0 aromatic heterocycles. The average Bonchev–Trinajstić information content (AvgIpc) is 2.50. The molecule has 0 saturated carbocycles. The minimum atomic E-state index is -0.975. The minimum Gasteiger partial charge on any atom is -0.377 e. The average molecular weight is 215 g/mol. The molecule has 88 valence electrons. The third kappa shape index (κ3) is 2.90. The highest BCUT2D eigenvalue weighted by Gasteiger charge is 2.34. The summed E-state index contributed by atoms with van der Waals surface area (Å²) in [7, 11) is 1.95. The Morgan fingerprint density at radius 3 is 2.67 bits per heavy atom. The highest BCUT2D eigenvalue weighted by Crippen LogP contribution is 2.19. The van der Waals surface area contributed by atoms with Crippen LogP contribution >= 0.6 is 0 Å². The van der Waals surface area contributed by atoms with Crippen molar-refractivity contribution >= 4 is 5.91 Å². The minimum absolute atomic E-state index is 0.193. The molecule has 3 atom stereocenters. The van der Waals surface area contributed by atoms with Crippen molar-refractivity contribution in [2.75, 3.05) is 20.2 Å². The van der Waals surface area contributed by atoms with E-state index < -0.39 is 11.4 Å². The molecule has 1 heterocycles. The van der Waals surface area contributed by atoms with Crippen LogP contribution < -0.4 is 11.5 Å². The second kappa shape index (κ2) is 4.47. The third-order valence-corrected chi connectivity index (χ3v) is 3.04. The van der Waals surface area contributed by atoms with Crippen LogP contribution in [0.3, 0.4) is 0 Å². The predicted molar refractivity (Wildman–Crippen MR) is 58.2 cm³/mol. The highest BCUT2D eigenvalue weighted by atomic mass is 16.5. The fraction of sp³-hybridized carbons (Fsp3) is 0.900. The van der Waals surface area contributed by atoms with Crippen molar-refractivity contribution in [2.24, 2.45) is 11.5 Å². The molecule has 1 aliphatic heterocycles. The molecule has 1 saturated heterocycles. The largest absolute Gasteiger partial charge is 0.377 e. The molecular formula is C10H21N3O2. The molecule has 0 spiro atoms. The zero-order chi connectivity index (χ0) is 11.6. The van der Waals surface area contributed by atoms with Gasteiger partial charge >= 0.3 is 0 Å². The standard InChI is InChI=1S/C10H21N3O2/c1-7-8(4-5-15-7)13(3)6-10(2,12)9(11)14/h7-8H,4-6,12H2,1-3H3,(H2,11,14).